The van der Waals surface area contributed by atoms with Crippen molar-refractivity contribution in [2.75, 3.05) is 13.1 Å². The van der Waals surface area contributed by atoms with Crippen LogP contribution in [0.4, 0.5) is 0 Å². The van der Waals surface area contributed by atoms with Gasteiger partial charge < -0.3 is 0 Å². The Morgan fingerprint density at radius 3 is 2.62 bits per heavy atom. The van der Waals surface area contributed by atoms with Gasteiger partial charge in [0.2, 0.25) is 0 Å². The Kier molecular flexibility index (Phi) is 4.38. The molecule has 1 heterocycles. The SMILES string of the molecule is c1ccc(Sc2cccc3ccccc23)c(CNC2=[NH+]CCN2)c1. The normalized spacial score (nSPS) is 13.6. The predicted molar refractivity (Wildman–Crippen MR) is 100 cm³/mol. The lowest BCUT2D eigenvalue weighted by Crippen LogP contribution is -2.73. The highest BCUT2D eigenvalue weighted by Gasteiger charge is 2.13. The number of rotatable bonds is 4. The molecule has 3 N–H and O–H groups in total. The minimum absolute atomic E-state index is 0.809. The number of hydrogen-bond donors (Lipinski definition) is 3. The molecule has 0 radical (unpaired) electrons. The summed E-state index contributed by atoms with van der Waals surface area (Å²) in [6.45, 7) is 2.77. The average molecular weight is 334 g/mol. The number of hydrogen-bond acceptors (Lipinski definition) is 3. The molecule has 0 spiro atoms. The van der Waals surface area contributed by atoms with E-state index in [4.69, 9.17) is 0 Å². The highest BCUT2D eigenvalue weighted by atomic mass is 32.2. The van der Waals surface area contributed by atoms with Crippen molar-refractivity contribution in [3.8, 4) is 0 Å². The van der Waals surface area contributed by atoms with Gasteiger partial charge in [0.25, 0.3) is 0 Å². The van der Waals surface area contributed by atoms with Crippen LogP contribution in [-0.2, 0) is 6.54 Å². The summed E-state index contributed by atoms with van der Waals surface area (Å²) < 4.78 is 0. The summed E-state index contributed by atoms with van der Waals surface area (Å²) in [6.07, 6.45) is 0. The molecule has 120 valence electrons. The van der Waals surface area contributed by atoms with Crippen LogP contribution in [0, 0.1) is 0 Å². The molecule has 3 nitrogen and oxygen atoms in total. The van der Waals surface area contributed by atoms with Gasteiger partial charge in [-0.25, -0.2) is 0 Å². The first-order valence-electron chi connectivity index (χ1n) is 8.22. The minimum Gasteiger partial charge on any atom is -0.275 e. The zero-order valence-corrected chi connectivity index (χ0v) is 14.2. The van der Waals surface area contributed by atoms with Gasteiger partial charge >= 0.3 is 5.96 Å². The molecule has 4 rings (SSSR count). The topological polar surface area (TPSA) is 38.0 Å². The van der Waals surface area contributed by atoms with Crippen molar-refractivity contribution < 1.29 is 4.99 Å². The van der Waals surface area contributed by atoms with Crippen LogP contribution in [0.25, 0.3) is 10.8 Å². The first-order chi connectivity index (χ1) is 11.9. The van der Waals surface area contributed by atoms with E-state index in [2.05, 4.69) is 82.4 Å². The van der Waals surface area contributed by atoms with Gasteiger partial charge in [-0.05, 0) is 28.5 Å². The van der Waals surface area contributed by atoms with E-state index in [1.54, 1.807) is 0 Å². The zero-order valence-electron chi connectivity index (χ0n) is 13.4. The van der Waals surface area contributed by atoms with Crippen LogP contribution >= 0.6 is 11.8 Å². The summed E-state index contributed by atoms with van der Waals surface area (Å²) in [5.41, 5.74) is 1.30. The van der Waals surface area contributed by atoms with Crippen LogP contribution in [0.1, 0.15) is 5.56 Å². The maximum Gasteiger partial charge on any atom is 0.343 e. The van der Waals surface area contributed by atoms with Gasteiger partial charge in [0.15, 0.2) is 0 Å². The Hall–Kier alpha value is -2.46. The maximum atomic E-state index is 3.44. The lowest BCUT2D eigenvalue weighted by molar-refractivity contribution is -0.446. The van der Waals surface area contributed by atoms with Gasteiger partial charge in [-0.3, -0.25) is 15.6 Å². The monoisotopic (exact) mass is 334 g/mol. The van der Waals surface area contributed by atoms with Crippen molar-refractivity contribution in [3.63, 3.8) is 0 Å². The number of fused-ring (bicyclic) bond motifs is 1. The molecule has 0 atom stereocenters. The second-order valence-electron chi connectivity index (χ2n) is 5.77. The Morgan fingerprint density at radius 1 is 0.917 bits per heavy atom. The second kappa shape index (κ2) is 6.97. The van der Waals surface area contributed by atoms with Crippen molar-refractivity contribution in [3.05, 3.63) is 72.3 Å². The van der Waals surface area contributed by atoms with Crippen LogP contribution in [-0.4, -0.2) is 19.0 Å². The summed E-state index contributed by atoms with van der Waals surface area (Å²) in [5, 5.41) is 9.34. The summed E-state index contributed by atoms with van der Waals surface area (Å²) in [6, 6.07) is 23.7. The van der Waals surface area contributed by atoms with Gasteiger partial charge in [-0.15, -0.1) is 0 Å². The molecule has 0 amide bonds. The van der Waals surface area contributed by atoms with E-state index in [0.717, 1.165) is 25.6 Å². The van der Waals surface area contributed by atoms with Crippen LogP contribution in [0.15, 0.2) is 76.5 Å². The fourth-order valence-electron chi connectivity index (χ4n) is 2.90. The lowest BCUT2D eigenvalue weighted by Gasteiger charge is -2.10. The summed E-state index contributed by atoms with van der Waals surface area (Å²) in [7, 11) is 0. The molecule has 0 saturated carbocycles. The van der Waals surface area contributed by atoms with Crippen molar-refractivity contribution >= 4 is 28.5 Å². The quantitative estimate of drug-likeness (QED) is 0.684. The van der Waals surface area contributed by atoms with E-state index in [-0.39, 0.29) is 0 Å². The number of guanidine groups is 1. The van der Waals surface area contributed by atoms with Gasteiger partial charge in [-0.1, -0.05) is 66.4 Å². The van der Waals surface area contributed by atoms with Crippen molar-refractivity contribution in [1.82, 2.24) is 10.6 Å². The van der Waals surface area contributed by atoms with Crippen LogP contribution < -0.4 is 15.6 Å². The van der Waals surface area contributed by atoms with Crippen LogP contribution in [0.2, 0.25) is 0 Å². The molecule has 1 aliphatic heterocycles. The van der Waals surface area contributed by atoms with Crippen LogP contribution in [0.5, 0.6) is 0 Å². The summed E-state index contributed by atoms with van der Waals surface area (Å²) in [5.74, 6) is 1.03. The second-order valence-corrected chi connectivity index (χ2v) is 6.85. The molecule has 0 unspecified atom stereocenters. The fourth-order valence-corrected chi connectivity index (χ4v) is 4.00. The van der Waals surface area contributed by atoms with E-state index in [1.165, 1.54) is 26.1 Å². The Labute approximate surface area is 146 Å². The summed E-state index contributed by atoms with van der Waals surface area (Å²) >= 11 is 1.84. The molecule has 3 aromatic rings. The Balaban J connectivity index is 1.59. The molecular formula is C20H20N3S+. The molecule has 1 aliphatic rings. The third-order valence-electron chi connectivity index (χ3n) is 4.13. The van der Waals surface area contributed by atoms with Gasteiger partial charge in [0.1, 0.15) is 0 Å². The number of nitrogens with one attached hydrogen (secondary N) is 3. The molecule has 0 aliphatic carbocycles. The van der Waals surface area contributed by atoms with Crippen LogP contribution in [0.3, 0.4) is 0 Å². The Bertz CT molecular complexity index is 883. The van der Waals surface area contributed by atoms with Crippen molar-refractivity contribution in [2.24, 2.45) is 0 Å². The molecule has 0 fully saturated rings. The van der Waals surface area contributed by atoms with Gasteiger partial charge in [0.05, 0.1) is 19.6 Å². The molecule has 24 heavy (non-hydrogen) atoms. The lowest BCUT2D eigenvalue weighted by atomic mass is 10.1. The molecular weight excluding hydrogens is 314 g/mol. The van der Waals surface area contributed by atoms with Crippen molar-refractivity contribution in [2.45, 2.75) is 16.3 Å². The van der Waals surface area contributed by atoms with E-state index in [1.807, 2.05) is 11.8 Å². The smallest absolute Gasteiger partial charge is 0.275 e. The van der Waals surface area contributed by atoms with Crippen molar-refractivity contribution in [1.29, 1.82) is 0 Å². The van der Waals surface area contributed by atoms with Gasteiger partial charge in [-0.2, -0.15) is 0 Å². The molecule has 0 saturated heterocycles. The first kappa shape index (κ1) is 15.1. The summed E-state index contributed by atoms with van der Waals surface area (Å²) in [4.78, 5) is 5.90. The maximum absolute atomic E-state index is 3.44. The van der Waals surface area contributed by atoms with E-state index >= 15 is 0 Å². The zero-order chi connectivity index (χ0) is 16.2. The third-order valence-corrected chi connectivity index (χ3v) is 5.32. The van der Waals surface area contributed by atoms with Gasteiger partial charge in [0, 0.05) is 9.79 Å². The predicted octanol–water partition coefficient (Wildman–Crippen LogP) is 2.12. The molecule has 4 heteroatoms. The first-order valence-corrected chi connectivity index (χ1v) is 9.04. The fraction of sp³-hybridized carbons (Fsp3) is 0.150. The molecule has 0 bridgehead atoms. The van der Waals surface area contributed by atoms with E-state index in [0.29, 0.717) is 0 Å². The molecule has 0 aromatic heterocycles. The standard InChI is InChI=1S/C20H19N3S/c1-3-9-17-15(6-1)8-5-11-19(17)24-18-10-4-2-7-16(18)14-23-20-21-12-13-22-20/h1-11H,12-14H2,(H2,21,22,23)/p+1. The largest absolute Gasteiger partial charge is 0.343 e. The van der Waals surface area contributed by atoms with E-state index < -0.39 is 0 Å². The highest BCUT2D eigenvalue weighted by molar-refractivity contribution is 7.99. The number of benzene rings is 3. The Morgan fingerprint density at radius 2 is 1.71 bits per heavy atom. The highest BCUT2D eigenvalue weighted by Crippen LogP contribution is 2.35. The minimum atomic E-state index is 0.809. The third kappa shape index (κ3) is 3.24. The van der Waals surface area contributed by atoms with E-state index in [9.17, 15) is 0 Å². The average Bonchev–Trinajstić information content (AvgIpc) is 3.15. The molecule has 3 aromatic carbocycles.